The molecule has 0 radical (unpaired) electrons. The predicted molar refractivity (Wildman–Crippen MR) is 465 cm³/mol. The Morgan fingerprint density at radius 2 is 0.942 bits per heavy atom. The molecule has 11 heterocycles. The maximum Gasteiger partial charge on any atom is 0.356 e. The molecule has 3 saturated heterocycles. The van der Waals surface area contributed by atoms with E-state index >= 15 is 0 Å². The van der Waals surface area contributed by atoms with Crippen LogP contribution in [0.15, 0.2) is 162 Å². The number of rotatable bonds is 13. The van der Waals surface area contributed by atoms with Crippen LogP contribution in [0.25, 0.3) is 67.2 Å². The van der Waals surface area contributed by atoms with Crippen LogP contribution in [0.4, 0.5) is 35.0 Å². The molecule has 32 heteroatoms. The highest BCUT2D eigenvalue weighted by Crippen LogP contribution is 2.44. The standard InChI is InChI=1S/C31H31ClF2N6O3.C29H28Cl2FN7O2.C28H33ClFN5O/c1-7-25(42)38-13-18(6)39(14-17(38)5)29-20-10-21(32)27(19-11-22(33)23(34)12-24(19)41)36-30(20)40(31(43)37-29)28-16(4)8-9-35-26(28)15(2)3;1-6-22(40)37-12-17(5)38(13-16(37)4)27-19-11-20(30)24(18-9-7-8-10-21(18)32)35-28(19)39(29(41)36-27)25-23(15(2)3)33-14-34-26(25)31;1-8-24(36)33-14-18(3)34(15-17(33)2)26-21-13-22(29)25(20-11-9-10-12-23(20)30)32-27(21)35(19(4)31-26)16-28(5,6)7/h7-12,15,17-18,41H,1,13-14H2,2-6H3;6-11,14-17H,1,12-13H2,2-5H3;8-13,17-18H,1,4,14-16H2,2-3,5-7H3. The van der Waals surface area contributed by atoms with E-state index in [1.54, 1.807) is 70.6 Å². The number of carbonyl (C=O) groups is 3. The van der Waals surface area contributed by atoms with E-state index in [0.717, 1.165) is 17.2 Å². The molecular weight excluding hydrogens is 1620 g/mol. The van der Waals surface area contributed by atoms with Crippen molar-refractivity contribution < 1.29 is 37.1 Å². The van der Waals surface area contributed by atoms with Crippen LogP contribution in [0.1, 0.15) is 124 Å². The number of piperazine rings is 3. The molecule has 4 aliphatic heterocycles. The van der Waals surface area contributed by atoms with Gasteiger partial charge in [-0.05, 0) is 144 Å². The van der Waals surface area contributed by atoms with Gasteiger partial charge in [-0.25, -0.2) is 66.2 Å². The zero-order valence-corrected chi connectivity index (χ0v) is 72.0. The van der Waals surface area contributed by atoms with E-state index < -0.39 is 34.6 Å². The third-order valence-electron chi connectivity index (χ3n) is 21.4. The highest BCUT2D eigenvalue weighted by molar-refractivity contribution is 6.35. The van der Waals surface area contributed by atoms with Crippen molar-refractivity contribution in [1.82, 2.24) is 68.6 Å². The van der Waals surface area contributed by atoms with Crippen LogP contribution >= 0.6 is 46.4 Å². The Morgan fingerprint density at radius 1 is 0.517 bits per heavy atom. The molecule has 3 fully saturated rings. The first-order valence-corrected chi connectivity index (χ1v) is 40.6. The molecule has 3 amide bonds. The lowest BCUT2D eigenvalue weighted by Gasteiger charge is -2.46. The van der Waals surface area contributed by atoms with Crippen molar-refractivity contribution in [3.05, 3.63) is 235 Å². The van der Waals surface area contributed by atoms with Crippen LogP contribution in [-0.2, 0) is 14.4 Å². The second kappa shape index (κ2) is 35.5. The van der Waals surface area contributed by atoms with Crippen LogP contribution < -0.4 is 26.1 Å². The SMILES string of the molecule is C=CC(=O)N1CC(C)N(C2=NC(=C)N(CC(C)(C)C)c3nc(-c4ccccc4F)c(Cl)cc32)CC1C.C=CC(=O)N1CC(C)N(c2nc(=O)n(-c3c(C)ccnc3C(C)C)c3nc(-c4cc(F)c(F)cc4O)c(Cl)cc23)CC1C.C=CC(=O)N1CC(C)N(c2nc(=O)n(-c3c(Cl)ncnc3C(C)C)c3nc(-c4ccccc4F)c(Cl)cc23)CC1C. The summed E-state index contributed by atoms with van der Waals surface area (Å²) in [4.78, 5) is 120. The molecule has 10 aromatic rings. The van der Waals surface area contributed by atoms with E-state index in [1.165, 1.54) is 45.8 Å². The smallest absolute Gasteiger partial charge is 0.356 e. The average molecular weight is 1720 g/mol. The number of aromatic nitrogens is 10. The highest BCUT2D eigenvalue weighted by atomic mass is 35.5. The molecule has 7 aromatic heterocycles. The molecule has 626 valence electrons. The molecule has 4 aliphatic rings. The third kappa shape index (κ3) is 17.3. The van der Waals surface area contributed by atoms with E-state index in [0.29, 0.717) is 125 Å². The lowest BCUT2D eigenvalue weighted by atomic mass is 9.95. The first-order chi connectivity index (χ1) is 56.8. The number of amides is 3. The summed E-state index contributed by atoms with van der Waals surface area (Å²) in [5.41, 5.74) is 3.18. The molecule has 1 N–H and O–H groups in total. The Kier molecular flexibility index (Phi) is 26.0. The molecule has 6 atom stereocenters. The summed E-state index contributed by atoms with van der Waals surface area (Å²) >= 11 is 26.8. The van der Waals surface area contributed by atoms with Crippen molar-refractivity contribution >= 4 is 109 Å². The minimum atomic E-state index is -1.23. The number of anilines is 3. The summed E-state index contributed by atoms with van der Waals surface area (Å²) in [6.45, 7) is 46.0. The molecule has 14 rings (SSSR count). The molecule has 0 bridgehead atoms. The van der Waals surface area contributed by atoms with Crippen molar-refractivity contribution in [1.29, 1.82) is 0 Å². The van der Waals surface area contributed by atoms with Gasteiger partial charge in [0.15, 0.2) is 28.1 Å². The van der Waals surface area contributed by atoms with Crippen molar-refractivity contribution in [2.24, 2.45) is 10.4 Å². The van der Waals surface area contributed by atoms with Gasteiger partial charge < -0.3 is 39.4 Å². The molecule has 0 aliphatic carbocycles. The highest BCUT2D eigenvalue weighted by Gasteiger charge is 2.41. The lowest BCUT2D eigenvalue weighted by Crippen LogP contribution is -2.60. The Hall–Kier alpha value is -11.5. The van der Waals surface area contributed by atoms with E-state index in [9.17, 15) is 46.6 Å². The normalized spacial score (nSPS) is 18.1. The molecule has 120 heavy (non-hydrogen) atoms. The molecule has 3 aromatic carbocycles. The minimum absolute atomic E-state index is 0.0105. The minimum Gasteiger partial charge on any atom is -0.507 e. The number of fused-ring (bicyclic) bond motifs is 3. The van der Waals surface area contributed by atoms with Crippen LogP contribution in [-0.4, -0.2) is 179 Å². The average Bonchev–Trinajstić information content (AvgIpc) is 0.750. The summed E-state index contributed by atoms with van der Waals surface area (Å²) in [5, 5.41) is 12.0. The topological polar surface area (TPSA) is 254 Å². The first-order valence-electron chi connectivity index (χ1n) is 39.0. The van der Waals surface area contributed by atoms with Gasteiger partial charge in [-0.15, -0.1) is 0 Å². The number of aliphatic imine (C=N–C) groups is 1. The Morgan fingerprint density at radius 3 is 1.41 bits per heavy atom. The van der Waals surface area contributed by atoms with E-state index in [-0.39, 0.29) is 132 Å². The fourth-order valence-electron chi connectivity index (χ4n) is 15.5. The molecule has 24 nitrogen and oxygen atoms in total. The quantitative estimate of drug-likeness (QED) is 0.0639. The van der Waals surface area contributed by atoms with Crippen LogP contribution in [0.5, 0.6) is 5.75 Å². The van der Waals surface area contributed by atoms with Crippen LogP contribution in [0, 0.1) is 35.6 Å². The van der Waals surface area contributed by atoms with Gasteiger partial charge in [0.25, 0.3) is 0 Å². The Balaban J connectivity index is 0.000000166. The van der Waals surface area contributed by atoms with Gasteiger partial charge in [0.2, 0.25) is 17.7 Å². The van der Waals surface area contributed by atoms with Crippen molar-refractivity contribution in [2.75, 3.05) is 60.5 Å². The number of phenolic OH excluding ortho intramolecular Hbond substituents is 1. The van der Waals surface area contributed by atoms with Gasteiger partial charge in [0.05, 0.1) is 65.6 Å². The number of nitrogens with zero attached hydrogens (tertiary/aromatic N) is 18. The second-order valence-corrected chi connectivity index (χ2v) is 33.7. The monoisotopic (exact) mass is 1710 g/mol. The predicted octanol–water partition coefficient (Wildman–Crippen LogP) is 16.7. The summed E-state index contributed by atoms with van der Waals surface area (Å²) in [5.74, 6) is -1.97. The number of hydrogen-bond acceptors (Lipinski definition) is 19. The van der Waals surface area contributed by atoms with E-state index in [4.69, 9.17) is 66.3 Å². The summed E-state index contributed by atoms with van der Waals surface area (Å²) < 4.78 is 60.5. The van der Waals surface area contributed by atoms with Crippen molar-refractivity contribution in [3.8, 4) is 50.9 Å². The van der Waals surface area contributed by atoms with Gasteiger partial charge in [-0.2, -0.15) is 9.97 Å². The summed E-state index contributed by atoms with van der Waals surface area (Å²) in [7, 11) is 0. The largest absolute Gasteiger partial charge is 0.507 e. The summed E-state index contributed by atoms with van der Waals surface area (Å²) in [6, 6.07) is 19.9. The zero-order chi connectivity index (χ0) is 87.3. The van der Waals surface area contributed by atoms with Crippen molar-refractivity contribution in [2.45, 2.75) is 145 Å². The number of phenols is 1. The van der Waals surface area contributed by atoms with Crippen LogP contribution in [0.3, 0.4) is 0 Å². The maximum absolute atomic E-state index is 14.9. The Bertz CT molecular complexity index is 5960. The number of aromatic hydroxyl groups is 1. The molecule has 6 unspecified atom stereocenters. The van der Waals surface area contributed by atoms with Gasteiger partial charge in [-0.1, -0.05) is 145 Å². The first kappa shape index (κ1) is 87.8. The number of pyridine rings is 4. The molecule has 0 spiro atoms. The van der Waals surface area contributed by atoms with E-state index in [1.807, 2.05) is 94.9 Å². The number of hydrogen-bond donors (Lipinski definition) is 1. The van der Waals surface area contributed by atoms with Crippen LogP contribution in [0.2, 0.25) is 20.2 Å². The van der Waals surface area contributed by atoms with Gasteiger partial charge >= 0.3 is 11.4 Å². The number of amidine groups is 1. The van der Waals surface area contributed by atoms with Gasteiger partial charge in [0, 0.05) is 111 Å². The molecular formula is C88H92Cl4F4N18O6. The summed E-state index contributed by atoms with van der Waals surface area (Å²) in [6.07, 6.45) is 6.91. The van der Waals surface area contributed by atoms with E-state index in [2.05, 4.69) is 83.8 Å². The fourth-order valence-corrected chi connectivity index (χ4v) is 16.5. The van der Waals surface area contributed by atoms with Gasteiger partial charge in [-0.3, -0.25) is 19.4 Å². The van der Waals surface area contributed by atoms with Gasteiger partial charge in [0.1, 0.15) is 58.5 Å². The second-order valence-electron chi connectivity index (χ2n) is 32.1. The number of benzene rings is 3. The maximum atomic E-state index is 14.9. The third-order valence-corrected chi connectivity index (χ3v) is 22.6. The lowest BCUT2D eigenvalue weighted by molar-refractivity contribution is -0.131. The zero-order valence-electron chi connectivity index (χ0n) is 68.9. The number of carbonyl (C=O) groups excluding carboxylic acids is 3. The molecule has 0 saturated carbocycles. The fraction of sp³-hybridized carbons (Fsp3) is 0.341. The number of halogens is 8. The number of aryl methyl sites for hydroxylation is 1. The van der Waals surface area contributed by atoms with Crippen molar-refractivity contribution in [3.63, 3.8) is 0 Å². The Labute approximate surface area is 712 Å².